The summed E-state index contributed by atoms with van der Waals surface area (Å²) in [4.78, 5) is 9.26. The first-order chi connectivity index (χ1) is 12.8. The molecule has 4 heteroatoms. The smallest absolute Gasteiger partial charge is 0.213 e. The van der Waals surface area contributed by atoms with Gasteiger partial charge in [0, 0.05) is 22.9 Å². The van der Waals surface area contributed by atoms with E-state index in [1.54, 1.807) is 0 Å². The van der Waals surface area contributed by atoms with Gasteiger partial charge in [0.25, 0.3) is 0 Å². The largest absolute Gasteiger partial charge is 0.478 e. The van der Waals surface area contributed by atoms with Gasteiger partial charge in [0.2, 0.25) is 11.8 Å². The van der Waals surface area contributed by atoms with Gasteiger partial charge in [-0.3, -0.25) is 0 Å². The topological polar surface area (TPSA) is 44.2 Å². The SMILES string of the molecule is CCCCCCOc1ccc2c(ccc3nc(OCCCC)ccc32)n1. The second-order valence-electron chi connectivity index (χ2n) is 6.61. The van der Waals surface area contributed by atoms with Crippen LogP contribution in [0.5, 0.6) is 11.8 Å². The van der Waals surface area contributed by atoms with E-state index in [9.17, 15) is 0 Å². The summed E-state index contributed by atoms with van der Waals surface area (Å²) in [6, 6.07) is 12.0. The van der Waals surface area contributed by atoms with Crippen LogP contribution in [0.3, 0.4) is 0 Å². The Morgan fingerprint density at radius 1 is 0.615 bits per heavy atom. The monoisotopic (exact) mass is 352 g/mol. The first-order valence-electron chi connectivity index (χ1n) is 9.78. The molecule has 3 rings (SSSR count). The van der Waals surface area contributed by atoms with Crippen LogP contribution in [0.25, 0.3) is 21.8 Å². The highest BCUT2D eigenvalue weighted by atomic mass is 16.5. The summed E-state index contributed by atoms with van der Waals surface area (Å²) in [5.41, 5.74) is 1.87. The fraction of sp³-hybridized carbons (Fsp3) is 0.455. The zero-order valence-electron chi connectivity index (χ0n) is 15.8. The van der Waals surface area contributed by atoms with E-state index in [0.29, 0.717) is 18.4 Å². The van der Waals surface area contributed by atoms with Crippen LogP contribution in [0, 0.1) is 0 Å². The lowest BCUT2D eigenvalue weighted by Gasteiger charge is -2.09. The Bertz CT molecular complexity index is 848. The van der Waals surface area contributed by atoms with Gasteiger partial charge in [-0.2, -0.15) is 0 Å². The third-order valence-corrected chi connectivity index (χ3v) is 4.48. The third-order valence-electron chi connectivity index (χ3n) is 4.48. The summed E-state index contributed by atoms with van der Waals surface area (Å²) in [6.07, 6.45) is 6.95. The van der Waals surface area contributed by atoms with Crippen LogP contribution >= 0.6 is 0 Å². The van der Waals surface area contributed by atoms with Crippen molar-refractivity contribution < 1.29 is 9.47 Å². The maximum absolute atomic E-state index is 5.80. The van der Waals surface area contributed by atoms with Gasteiger partial charge in [0.15, 0.2) is 0 Å². The molecule has 26 heavy (non-hydrogen) atoms. The molecule has 2 aromatic heterocycles. The van der Waals surface area contributed by atoms with E-state index < -0.39 is 0 Å². The predicted octanol–water partition coefficient (Wildman–Crippen LogP) is 5.92. The minimum Gasteiger partial charge on any atom is -0.478 e. The second-order valence-corrected chi connectivity index (χ2v) is 6.61. The van der Waals surface area contributed by atoms with Gasteiger partial charge in [-0.1, -0.05) is 39.5 Å². The molecule has 0 atom stereocenters. The van der Waals surface area contributed by atoms with Gasteiger partial charge in [0.1, 0.15) is 0 Å². The predicted molar refractivity (Wildman–Crippen MR) is 107 cm³/mol. The molecule has 0 N–H and O–H groups in total. The Morgan fingerprint density at radius 3 is 1.69 bits per heavy atom. The highest BCUT2D eigenvalue weighted by molar-refractivity contribution is 6.04. The quantitative estimate of drug-likeness (QED) is 0.335. The lowest BCUT2D eigenvalue weighted by molar-refractivity contribution is 0.295. The molecule has 0 radical (unpaired) electrons. The number of hydrogen-bond acceptors (Lipinski definition) is 4. The van der Waals surface area contributed by atoms with Crippen molar-refractivity contribution in [2.75, 3.05) is 13.2 Å². The zero-order chi connectivity index (χ0) is 18.2. The summed E-state index contributed by atoms with van der Waals surface area (Å²) in [5, 5.41) is 2.18. The molecule has 138 valence electrons. The highest BCUT2D eigenvalue weighted by Crippen LogP contribution is 2.27. The van der Waals surface area contributed by atoms with Crippen molar-refractivity contribution in [3.63, 3.8) is 0 Å². The van der Waals surface area contributed by atoms with Crippen molar-refractivity contribution in [1.82, 2.24) is 9.97 Å². The molecule has 0 saturated heterocycles. The normalized spacial score (nSPS) is 11.2. The van der Waals surface area contributed by atoms with Crippen molar-refractivity contribution in [3.05, 3.63) is 36.4 Å². The second kappa shape index (κ2) is 9.37. The molecular weight excluding hydrogens is 324 g/mol. The molecule has 1 aromatic carbocycles. The molecule has 4 nitrogen and oxygen atoms in total. The highest BCUT2D eigenvalue weighted by Gasteiger charge is 2.06. The van der Waals surface area contributed by atoms with Crippen LogP contribution in [0.4, 0.5) is 0 Å². The van der Waals surface area contributed by atoms with Crippen LogP contribution in [0.15, 0.2) is 36.4 Å². The summed E-state index contributed by atoms with van der Waals surface area (Å²) in [5.74, 6) is 1.38. The molecule has 0 spiro atoms. The van der Waals surface area contributed by atoms with Crippen LogP contribution in [-0.4, -0.2) is 23.2 Å². The Kier molecular flexibility index (Phi) is 6.64. The van der Waals surface area contributed by atoms with Gasteiger partial charge in [-0.25, -0.2) is 9.97 Å². The molecule has 0 aliphatic carbocycles. The first kappa shape index (κ1) is 18.4. The van der Waals surface area contributed by atoms with E-state index in [1.807, 2.05) is 24.3 Å². The molecule has 3 aromatic rings. The molecule has 0 fully saturated rings. The lowest BCUT2D eigenvalue weighted by atomic mass is 10.1. The molecule has 0 aliphatic heterocycles. The van der Waals surface area contributed by atoms with Crippen molar-refractivity contribution >= 4 is 21.8 Å². The van der Waals surface area contributed by atoms with Crippen LogP contribution < -0.4 is 9.47 Å². The zero-order valence-corrected chi connectivity index (χ0v) is 15.8. The number of aromatic nitrogens is 2. The molecule has 0 aliphatic rings. The Balaban J connectivity index is 1.74. The standard InChI is InChI=1S/C22H28N2O2/c1-3-5-7-8-16-26-22-14-10-18-17-9-13-21(25-15-6-4-2)23-19(17)11-12-20(18)24-22/h9-14H,3-8,15-16H2,1-2H3. The molecule has 0 amide bonds. The number of benzene rings is 1. The van der Waals surface area contributed by atoms with Crippen LogP contribution in [-0.2, 0) is 0 Å². The number of fused-ring (bicyclic) bond motifs is 3. The minimum atomic E-state index is 0.685. The third kappa shape index (κ3) is 4.63. The van der Waals surface area contributed by atoms with E-state index in [4.69, 9.17) is 9.47 Å². The van der Waals surface area contributed by atoms with Crippen molar-refractivity contribution in [3.8, 4) is 11.8 Å². The molecular formula is C22H28N2O2. The van der Waals surface area contributed by atoms with E-state index in [0.717, 1.165) is 47.7 Å². The van der Waals surface area contributed by atoms with E-state index in [1.165, 1.54) is 19.3 Å². The minimum absolute atomic E-state index is 0.685. The Hall–Kier alpha value is -2.36. The first-order valence-corrected chi connectivity index (χ1v) is 9.78. The maximum Gasteiger partial charge on any atom is 0.213 e. The summed E-state index contributed by atoms with van der Waals surface area (Å²) < 4.78 is 11.5. The van der Waals surface area contributed by atoms with Crippen LogP contribution in [0.2, 0.25) is 0 Å². The van der Waals surface area contributed by atoms with E-state index >= 15 is 0 Å². The number of pyridine rings is 2. The summed E-state index contributed by atoms with van der Waals surface area (Å²) in [6.45, 7) is 5.81. The van der Waals surface area contributed by atoms with Crippen molar-refractivity contribution in [2.45, 2.75) is 52.4 Å². The fourth-order valence-electron chi connectivity index (χ4n) is 2.97. The van der Waals surface area contributed by atoms with Gasteiger partial charge in [-0.15, -0.1) is 0 Å². The average Bonchev–Trinajstić information content (AvgIpc) is 2.67. The van der Waals surface area contributed by atoms with Crippen molar-refractivity contribution in [1.29, 1.82) is 0 Å². The van der Waals surface area contributed by atoms with Gasteiger partial charge in [-0.05, 0) is 37.1 Å². The fourth-order valence-corrected chi connectivity index (χ4v) is 2.97. The average molecular weight is 352 g/mol. The van der Waals surface area contributed by atoms with Crippen LogP contribution in [0.1, 0.15) is 52.4 Å². The van der Waals surface area contributed by atoms with E-state index in [2.05, 4.69) is 35.9 Å². The van der Waals surface area contributed by atoms with Gasteiger partial charge >= 0.3 is 0 Å². The summed E-state index contributed by atoms with van der Waals surface area (Å²) in [7, 11) is 0. The Morgan fingerprint density at radius 2 is 1.15 bits per heavy atom. The maximum atomic E-state index is 5.80. The number of nitrogens with zero attached hydrogens (tertiary/aromatic N) is 2. The Labute approximate surface area is 155 Å². The molecule has 0 unspecified atom stereocenters. The summed E-state index contributed by atoms with van der Waals surface area (Å²) >= 11 is 0. The number of hydrogen-bond donors (Lipinski definition) is 0. The number of ether oxygens (including phenoxy) is 2. The molecule has 2 heterocycles. The number of rotatable bonds is 10. The van der Waals surface area contributed by atoms with E-state index in [-0.39, 0.29) is 0 Å². The van der Waals surface area contributed by atoms with Crippen molar-refractivity contribution in [2.24, 2.45) is 0 Å². The lowest BCUT2D eigenvalue weighted by Crippen LogP contribution is -2.00. The van der Waals surface area contributed by atoms with Gasteiger partial charge in [0.05, 0.1) is 24.2 Å². The number of unbranched alkanes of at least 4 members (excludes halogenated alkanes) is 4. The molecule has 0 saturated carbocycles. The van der Waals surface area contributed by atoms with Gasteiger partial charge < -0.3 is 9.47 Å². The molecule has 0 bridgehead atoms.